The number of nitriles is 1. The van der Waals surface area contributed by atoms with E-state index in [1.165, 1.54) is 6.07 Å². The maximum atomic E-state index is 15.1. The molecule has 0 atom stereocenters. The summed E-state index contributed by atoms with van der Waals surface area (Å²) in [7, 11) is 1.61. The Morgan fingerprint density at radius 1 is 1.07 bits per heavy atom. The van der Waals surface area contributed by atoms with E-state index in [2.05, 4.69) is 11.1 Å². The van der Waals surface area contributed by atoms with Crippen LogP contribution in [-0.2, 0) is 30.8 Å². The first-order chi connectivity index (χ1) is 19.5. The summed E-state index contributed by atoms with van der Waals surface area (Å²) in [5.41, 5.74) is 4.92. The number of carbonyl (C=O) groups excluding carboxylic acids is 1. The first-order valence-electron chi connectivity index (χ1n) is 12.8. The van der Waals surface area contributed by atoms with Gasteiger partial charge in [0, 0.05) is 35.6 Å². The van der Waals surface area contributed by atoms with Gasteiger partial charge in [-0.05, 0) is 42.0 Å². The Morgan fingerprint density at radius 2 is 1.90 bits per heavy atom. The molecule has 0 unspecified atom stereocenters. The van der Waals surface area contributed by atoms with Crippen LogP contribution >= 0.6 is 0 Å². The van der Waals surface area contributed by atoms with Gasteiger partial charge in [-0.3, -0.25) is 4.79 Å². The van der Waals surface area contributed by atoms with E-state index in [0.717, 1.165) is 16.8 Å². The number of methoxy groups -OCH3 is 1. The Labute approximate surface area is 230 Å². The highest BCUT2D eigenvalue weighted by molar-refractivity contribution is 5.94. The summed E-state index contributed by atoms with van der Waals surface area (Å²) < 4.78 is 24.4. The number of nitrogens with zero attached hydrogens (tertiary/aromatic N) is 6. The molecule has 9 heteroatoms. The van der Waals surface area contributed by atoms with Crippen molar-refractivity contribution in [3.8, 4) is 23.1 Å². The molecule has 6 rings (SSSR count). The van der Waals surface area contributed by atoms with Crippen LogP contribution in [0.4, 0.5) is 10.1 Å². The molecule has 0 saturated carbocycles. The first kappa shape index (κ1) is 25.1. The van der Waals surface area contributed by atoms with Crippen molar-refractivity contribution < 1.29 is 13.9 Å². The molecule has 1 aliphatic rings. The molecule has 2 aromatic heterocycles. The van der Waals surface area contributed by atoms with E-state index in [4.69, 9.17) is 15.0 Å². The predicted molar refractivity (Wildman–Crippen MR) is 147 cm³/mol. The van der Waals surface area contributed by atoms with Crippen LogP contribution in [0.15, 0.2) is 85.5 Å². The van der Waals surface area contributed by atoms with Gasteiger partial charge in [0.2, 0.25) is 5.91 Å². The number of fused-ring (bicyclic) bond motifs is 2. The lowest BCUT2D eigenvalue weighted by molar-refractivity contribution is -0.119. The molecule has 8 nitrogen and oxygen atoms in total. The second kappa shape index (κ2) is 10.5. The molecule has 0 bridgehead atoms. The summed E-state index contributed by atoms with van der Waals surface area (Å²) in [6.07, 6.45) is 5.79. The Kier molecular flexibility index (Phi) is 6.58. The standard InChI is InChI=1S/C31H25FN6O2/c1-40-29-8-3-2-5-24(29)27-17-36-16-25-26(32)6-4-7-28(25)38(18-30(36)35-27)31(39)19-37-20-34-15-23(37)13-21-9-11-22(14-33)12-10-21/h2-12,15,17,20H,13,16,18-19H2,1H3. The largest absolute Gasteiger partial charge is 0.496 e. The third-order valence-corrected chi connectivity index (χ3v) is 7.13. The van der Waals surface area contributed by atoms with Crippen LogP contribution in [0.2, 0.25) is 0 Å². The Hall–Kier alpha value is -5.23. The highest BCUT2D eigenvalue weighted by Crippen LogP contribution is 2.33. The number of amides is 1. The number of anilines is 1. The predicted octanol–water partition coefficient (Wildman–Crippen LogP) is 4.95. The molecule has 40 heavy (non-hydrogen) atoms. The van der Waals surface area contributed by atoms with Crippen LogP contribution in [-0.4, -0.2) is 32.1 Å². The van der Waals surface area contributed by atoms with Gasteiger partial charge in [-0.15, -0.1) is 0 Å². The third-order valence-electron chi connectivity index (χ3n) is 7.13. The van der Waals surface area contributed by atoms with Gasteiger partial charge in [0.05, 0.1) is 49.5 Å². The molecule has 1 amide bonds. The lowest BCUT2D eigenvalue weighted by atomic mass is 10.1. The molecule has 0 radical (unpaired) electrons. The van der Waals surface area contributed by atoms with Crippen molar-refractivity contribution in [2.45, 2.75) is 26.1 Å². The minimum Gasteiger partial charge on any atom is -0.496 e. The summed E-state index contributed by atoms with van der Waals surface area (Å²) in [5, 5.41) is 9.06. The molecule has 1 aliphatic heterocycles. The molecule has 0 N–H and O–H groups in total. The smallest absolute Gasteiger partial charge is 0.247 e. The Bertz CT molecular complexity index is 1750. The number of rotatable bonds is 6. The average molecular weight is 533 g/mol. The van der Waals surface area contributed by atoms with Crippen molar-refractivity contribution in [2.24, 2.45) is 0 Å². The van der Waals surface area contributed by atoms with Gasteiger partial charge in [0.1, 0.15) is 23.9 Å². The second-order valence-electron chi connectivity index (χ2n) is 9.59. The fourth-order valence-corrected chi connectivity index (χ4v) is 5.05. The first-order valence-corrected chi connectivity index (χ1v) is 12.8. The monoisotopic (exact) mass is 532 g/mol. The molecule has 3 aromatic carbocycles. The molecule has 0 saturated heterocycles. The highest BCUT2D eigenvalue weighted by atomic mass is 19.1. The van der Waals surface area contributed by atoms with E-state index in [0.29, 0.717) is 40.5 Å². The van der Waals surface area contributed by atoms with Gasteiger partial charge in [-0.1, -0.05) is 30.3 Å². The highest BCUT2D eigenvalue weighted by Gasteiger charge is 2.28. The summed E-state index contributed by atoms with van der Waals surface area (Å²) in [5.74, 6) is 0.750. The molecule has 198 valence electrons. The SMILES string of the molecule is COc1ccccc1-c1cn2c(n1)CN(C(=O)Cn1cncc1Cc1ccc(C#N)cc1)c1cccc(F)c1C2. The lowest BCUT2D eigenvalue weighted by Crippen LogP contribution is -2.34. The van der Waals surface area contributed by atoms with Crippen molar-refractivity contribution in [3.05, 3.63) is 119 Å². The van der Waals surface area contributed by atoms with Gasteiger partial charge in [-0.2, -0.15) is 5.26 Å². The summed E-state index contributed by atoms with van der Waals surface area (Å²) in [6.45, 7) is 0.462. The van der Waals surface area contributed by atoms with Gasteiger partial charge in [0.25, 0.3) is 0 Å². The number of carbonyl (C=O) groups is 1. The number of imidazole rings is 2. The molecule has 0 aliphatic carbocycles. The maximum absolute atomic E-state index is 15.1. The van der Waals surface area contributed by atoms with E-state index < -0.39 is 0 Å². The van der Waals surface area contributed by atoms with Crippen LogP contribution in [0.1, 0.15) is 28.2 Å². The van der Waals surface area contributed by atoms with Crippen LogP contribution in [0, 0.1) is 17.1 Å². The number of ether oxygens (including phenoxy) is 1. The maximum Gasteiger partial charge on any atom is 0.247 e. The van der Waals surface area contributed by atoms with Crippen LogP contribution in [0.3, 0.4) is 0 Å². The van der Waals surface area contributed by atoms with Gasteiger partial charge in [0.15, 0.2) is 0 Å². The van der Waals surface area contributed by atoms with E-state index >= 15 is 4.39 Å². The minimum absolute atomic E-state index is 0.0294. The number of aromatic nitrogens is 4. The minimum atomic E-state index is -0.375. The number of halogens is 1. The van der Waals surface area contributed by atoms with E-state index in [1.807, 2.05) is 47.2 Å². The van der Waals surface area contributed by atoms with E-state index in [9.17, 15) is 4.79 Å². The van der Waals surface area contributed by atoms with Crippen molar-refractivity contribution in [3.63, 3.8) is 0 Å². The second-order valence-corrected chi connectivity index (χ2v) is 9.59. The van der Waals surface area contributed by atoms with Crippen LogP contribution in [0.25, 0.3) is 11.3 Å². The molecule has 0 fully saturated rings. The van der Waals surface area contributed by atoms with Crippen molar-refractivity contribution in [1.29, 1.82) is 5.26 Å². The molecular weight excluding hydrogens is 507 g/mol. The summed E-state index contributed by atoms with van der Waals surface area (Å²) in [6, 6.07) is 21.8. The molecule has 0 spiro atoms. The molecule has 3 heterocycles. The summed E-state index contributed by atoms with van der Waals surface area (Å²) >= 11 is 0. The quantitative estimate of drug-likeness (QED) is 0.309. The number of hydrogen-bond acceptors (Lipinski definition) is 5. The fourth-order valence-electron chi connectivity index (χ4n) is 5.05. The average Bonchev–Trinajstić information content (AvgIpc) is 3.55. The third kappa shape index (κ3) is 4.71. The van der Waals surface area contributed by atoms with E-state index in [1.54, 1.807) is 53.4 Å². The Morgan fingerprint density at radius 3 is 2.70 bits per heavy atom. The van der Waals surface area contributed by atoms with Crippen LogP contribution < -0.4 is 9.64 Å². The zero-order valence-electron chi connectivity index (χ0n) is 21.8. The Balaban J connectivity index is 1.31. The normalized spacial score (nSPS) is 12.3. The van der Waals surface area contributed by atoms with Gasteiger partial charge >= 0.3 is 0 Å². The van der Waals surface area contributed by atoms with Gasteiger partial charge < -0.3 is 18.8 Å². The fraction of sp³-hybridized carbons (Fsp3) is 0.161. The summed E-state index contributed by atoms with van der Waals surface area (Å²) in [4.78, 5) is 24.5. The zero-order valence-corrected chi connectivity index (χ0v) is 21.8. The molecular formula is C31H25FN6O2. The topological polar surface area (TPSA) is 89.0 Å². The van der Waals surface area contributed by atoms with Crippen molar-refractivity contribution >= 4 is 11.6 Å². The number of para-hydroxylation sites is 1. The zero-order chi connectivity index (χ0) is 27.6. The van der Waals surface area contributed by atoms with Crippen molar-refractivity contribution in [2.75, 3.05) is 12.0 Å². The molecule has 5 aromatic rings. The van der Waals surface area contributed by atoms with E-state index in [-0.39, 0.29) is 31.4 Å². The number of benzene rings is 3. The van der Waals surface area contributed by atoms with Crippen molar-refractivity contribution in [1.82, 2.24) is 19.1 Å². The van der Waals surface area contributed by atoms with Gasteiger partial charge in [-0.25, -0.2) is 14.4 Å². The number of hydrogen-bond donors (Lipinski definition) is 0. The lowest BCUT2D eigenvalue weighted by Gasteiger charge is -2.23. The van der Waals surface area contributed by atoms with Crippen LogP contribution in [0.5, 0.6) is 5.75 Å².